The molecule has 0 aromatic heterocycles. The summed E-state index contributed by atoms with van der Waals surface area (Å²) in [6.07, 6.45) is 0.290. The second-order valence-corrected chi connectivity index (χ2v) is 6.44. The van der Waals surface area contributed by atoms with Crippen molar-refractivity contribution >= 4 is 15.7 Å². The third-order valence-electron chi connectivity index (χ3n) is 3.10. The summed E-state index contributed by atoms with van der Waals surface area (Å²) in [5.41, 5.74) is 2.09. The monoisotopic (exact) mass is 316 g/mol. The van der Waals surface area contributed by atoms with Gasteiger partial charge in [-0.3, -0.25) is 4.72 Å². The van der Waals surface area contributed by atoms with Crippen LogP contribution in [0.1, 0.15) is 11.1 Å². The van der Waals surface area contributed by atoms with Gasteiger partial charge >= 0.3 is 0 Å². The first-order valence-corrected chi connectivity index (χ1v) is 8.08. The quantitative estimate of drug-likeness (QED) is 0.920. The number of benzene rings is 2. The lowest BCUT2D eigenvalue weighted by Crippen LogP contribution is -2.14. The highest BCUT2D eigenvalue weighted by Crippen LogP contribution is 2.26. The largest absolute Gasteiger partial charge is 0.495 e. The van der Waals surface area contributed by atoms with Crippen molar-refractivity contribution in [1.29, 1.82) is 5.26 Å². The molecule has 22 heavy (non-hydrogen) atoms. The predicted molar refractivity (Wildman–Crippen MR) is 84.3 cm³/mol. The van der Waals surface area contributed by atoms with Gasteiger partial charge in [-0.2, -0.15) is 5.26 Å². The lowest BCUT2D eigenvalue weighted by molar-refractivity contribution is 0.402. The molecule has 2 rings (SSSR count). The molecule has 5 nitrogen and oxygen atoms in total. The molecule has 1 N–H and O–H groups in total. The Morgan fingerprint density at radius 2 is 1.86 bits per heavy atom. The minimum Gasteiger partial charge on any atom is -0.495 e. The Morgan fingerprint density at radius 3 is 2.45 bits per heavy atom. The van der Waals surface area contributed by atoms with Gasteiger partial charge in [0.05, 0.1) is 19.6 Å². The summed E-state index contributed by atoms with van der Waals surface area (Å²) in [7, 11) is -2.31. The van der Waals surface area contributed by atoms with Crippen molar-refractivity contribution in [3.8, 4) is 11.8 Å². The summed E-state index contributed by atoms with van der Waals surface area (Å²) in [6, 6.07) is 13.7. The molecule has 0 saturated carbocycles. The Kier molecular flexibility index (Phi) is 4.68. The molecule has 0 heterocycles. The van der Waals surface area contributed by atoms with E-state index in [2.05, 4.69) is 4.72 Å². The Labute approximate surface area is 130 Å². The van der Waals surface area contributed by atoms with Gasteiger partial charge < -0.3 is 4.74 Å². The molecule has 0 atom stereocenters. The summed E-state index contributed by atoms with van der Waals surface area (Å²) in [5.74, 6) is 0.291. The molecule has 0 aliphatic carbocycles. The number of hydrogen-bond acceptors (Lipinski definition) is 4. The van der Waals surface area contributed by atoms with E-state index in [0.29, 0.717) is 17.9 Å². The second-order valence-electron chi connectivity index (χ2n) is 4.79. The molecule has 0 aliphatic heterocycles. The third kappa shape index (κ3) is 3.57. The summed E-state index contributed by atoms with van der Waals surface area (Å²) >= 11 is 0. The molecular weight excluding hydrogens is 300 g/mol. The highest BCUT2D eigenvalue weighted by molar-refractivity contribution is 7.92. The maximum Gasteiger partial charge on any atom is 0.265 e. The minimum absolute atomic E-state index is 0.0936. The lowest BCUT2D eigenvalue weighted by atomic mass is 10.1. The number of hydrogen-bond donors (Lipinski definition) is 1. The van der Waals surface area contributed by atoms with E-state index < -0.39 is 10.0 Å². The van der Waals surface area contributed by atoms with E-state index in [0.717, 1.165) is 11.1 Å². The van der Waals surface area contributed by atoms with Crippen LogP contribution in [0.5, 0.6) is 5.75 Å². The van der Waals surface area contributed by atoms with Crippen LogP contribution in [0.4, 0.5) is 5.69 Å². The Bertz CT molecular complexity index is 806. The molecule has 0 saturated heterocycles. The van der Waals surface area contributed by atoms with Gasteiger partial charge in [0, 0.05) is 5.69 Å². The number of ether oxygens (including phenoxy) is 1. The minimum atomic E-state index is -3.74. The average Bonchev–Trinajstić information content (AvgIpc) is 2.49. The fourth-order valence-corrected chi connectivity index (χ4v) is 3.30. The molecule has 6 heteroatoms. The SMILES string of the molecule is COc1ccc(C)cc1S(=O)(=O)Nc1ccc(CC#N)cc1. The number of anilines is 1. The summed E-state index contributed by atoms with van der Waals surface area (Å²) in [6.45, 7) is 1.81. The number of nitrogens with one attached hydrogen (secondary N) is 1. The first kappa shape index (κ1) is 15.9. The van der Waals surface area contributed by atoms with Crippen molar-refractivity contribution < 1.29 is 13.2 Å². The molecule has 0 spiro atoms. The van der Waals surface area contributed by atoms with Gasteiger partial charge in [-0.25, -0.2) is 8.42 Å². The fraction of sp³-hybridized carbons (Fsp3) is 0.188. The van der Waals surface area contributed by atoms with Crippen LogP contribution in [0.3, 0.4) is 0 Å². The maximum absolute atomic E-state index is 12.5. The van der Waals surface area contributed by atoms with Gasteiger partial charge in [0.2, 0.25) is 0 Å². The van der Waals surface area contributed by atoms with Crippen LogP contribution in [-0.2, 0) is 16.4 Å². The number of methoxy groups -OCH3 is 1. The molecule has 0 amide bonds. The zero-order chi connectivity index (χ0) is 16.2. The number of sulfonamides is 1. The second kappa shape index (κ2) is 6.50. The van der Waals surface area contributed by atoms with Crippen LogP contribution in [0, 0.1) is 18.3 Å². The first-order chi connectivity index (χ1) is 10.5. The molecule has 0 bridgehead atoms. The van der Waals surface area contributed by atoms with Crippen LogP contribution in [0.2, 0.25) is 0 Å². The Balaban J connectivity index is 2.32. The van der Waals surface area contributed by atoms with Gasteiger partial charge in [-0.1, -0.05) is 18.2 Å². The molecule has 2 aromatic carbocycles. The van der Waals surface area contributed by atoms with E-state index in [1.165, 1.54) is 7.11 Å². The summed E-state index contributed by atoms with van der Waals surface area (Å²) in [5, 5.41) is 8.63. The highest BCUT2D eigenvalue weighted by atomic mass is 32.2. The van der Waals surface area contributed by atoms with Gasteiger partial charge in [0.25, 0.3) is 10.0 Å². The maximum atomic E-state index is 12.5. The van der Waals surface area contributed by atoms with Crippen LogP contribution in [0.15, 0.2) is 47.4 Å². The van der Waals surface area contributed by atoms with Crippen LogP contribution < -0.4 is 9.46 Å². The lowest BCUT2D eigenvalue weighted by Gasteiger charge is -2.12. The molecule has 0 fully saturated rings. The zero-order valence-corrected chi connectivity index (χ0v) is 13.1. The molecule has 2 aromatic rings. The Hall–Kier alpha value is -2.52. The number of rotatable bonds is 5. The third-order valence-corrected chi connectivity index (χ3v) is 4.50. The van der Waals surface area contributed by atoms with E-state index in [4.69, 9.17) is 10.00 Å². The van der Waals surface area contributed by atoms with E-state index in [9.17, 15) is 8.42 Å². The van der Waals surface area contributed by atoms with Gasteiger partial charge in [0.15, 0.2) is 0 Å². The number of aryl methyl sites for hydroxylation is 1. The van der Waals surface area contributed by atoms with Gasteiger partial charge in [-0.15, -0.1) is 0 Å². The van der Waals surface area contributed by atoms with Crippen LogP contribution in [-0.4, -0.2) is 15.5 Å². The summed E-state index contributed by atoms with van der Waals surface area (Å²) < 4.78 is 32.6. The number of nitriles is 1. The molecule has 0 aliphatic rings. The fourth-order valence-electron chi connectivity index (χ4n) is 1.99. The number of nitrogens with zero attached hydrogens (tertiary/aromatic N) is 1. The highest BCUT2D eigenvalue weighted by Gasteiger charge is 2.19. The van der Waals surface area contributed by atoms with Crippen molar-refractivity contribution in [3.63, 3.8) is 0 Å². The molecule has 114 valence electrons. The van der Waals surface area contributed by atoms with Gasteiger partial charge in [-0.05, 0) is 42.3 Å². The van der Waals surface area contributed by atoms with E-state index >= 15 is 0 Å². The van der Waals surface area contributed by atoms with E-state index in [1.807, 2.05) is 13.0 Å². The van der Waals surface area contributed by atoms with Crippen molar-refractivity contribution in [2.75, 3.05) is 11.8 Å². The smallest absolute Gasteiger partial charge is 0.265 e. The van der Waals surface area contributed by atoms with Crippen LogP contribution in [0.25, 0.3) is 0 Å². The molecular formula is C16H16N2O3S. The van der Waals surface area contributed by atoms with Crippen molar-refractivity contribution in [2.45, 2.75) is 18.2 Å². The van der Waals surface area contributed by atoms with Crippen molar-refractivity contribution in [3.05, 3.63) is 53.6 Å². The predicted octanol–water partition coefficient (Wildman–Crippen LogP) is 2.87. The molecule has 0 unspecified atom stereocenters. The topological polar surface area (TPSA) is 79.2 Å². The van der Waals surface area contributed by atoms with Crippen LogP contribution >= 0.6 is 0 Å². The standard InChI is InChI=1S/C16H16N2O3S/c1-12-3-8-15(21-2)16(11-12)22(19,20)18-14-6-4-13(5-7-14)9-10-17/h3-8,11,18H,9H2,1-2H3. The van der Waals surface area contributed by atoms with E-state index in [1.54, 1.807) is 42.5 Å². The summed E-state index contributed by atoms with van der Waals surface area (Å²) in [4.78, 5) is 0.0936. The van der Waals surface area contributed by atoms with Crippen molar-refractivity contribution in [2.24, 2.45) is 0 Å². The van der Waals surface area contributed by atoms with Gasteiger partial charge in [0.1, 0.15) is 10.6 Å². The van der Waals surface area contributed by atoms with Crippen molar-refractivity contribution in [1.82, 2.24) is 0 Å². The van der Waals surface area contributed by atoms with E-state index in [-0.39, 0.29) is 4.90 Å². The molecule has 0 radical (unpaired) electrons. The zero-order valence-electron chi connectivity index (χ0n) is 12.3. The normalized spacial score (nSPS) is 10.8. The average molecular weight is 316 g/mol. The Morgan fingerprint density at radius 1 is 1.18 bits per heavy atom. The first-order valence-electron chi connectivity index (χ1n) is 6.59.